The molecule has 0 heterocycles. The molecule has 534 valence electrons. The highest BCUT2D eigenvalue weighted by atomic mass is 16.7. The summed E-state index contributed by atoms with van der Waals surface area (Å²) in [6.07, 6.45) is 92.7. The molecule has 2 atom stereocenters. The van der Waals surface area contributed by atoms with Crippen molar-refractivity contribution >= 4 is 17.9 Å². The predicted octanol–water partition coefficient (Wildman–Crippen LogP) is 25.3. The first-order valence-corrected chi connectivity index (χ1v) is 39.8. The minimum atomic E-state index is -1.51. The maximum absolute atomic E-state index is 13.0. The number of ether oxygens (including phenoxy) is 4. The Kier molecular flexibility index (Phi) is 70.9. The van der Waals surface area contributed by atoms with E-state index in [0.717, 1.165) is 51.4 Å². The summed E-state index contributed by atoms with van der Waals surface area (Å²) in [4.78, 5) is 37.7. The van der Waals surface area contributed by atoms with Crippen molar-refractivity contribution in [3.63, 3.8) is 0 Å². The van der Waals surface area contributed by atoms with Crippen LogP contribution in [-0.4, -0.2) is 87.4 Å². The Hall–Kier alpha value is -2.75. The number of allylic oxidation sites excluding steroid dienone is 8. The van der Waals surface area contributed by atoms with Crippen molar-refractivity contribution in [2.75, 3.05) is 47.5 Å². The average Bonchev–Trinajstić information content (AvgIpc) is 3.46. The molecule has 0 rings (SSSR count). The summed E-state index contributed by atoms with van der Waals surface area (Å²) in [5.41, 5.74) is 0. The third kappa shape index (κ3) is 74.5. The zero-order valence-corrected chi connectivity index (χ0v) is 61.3. The molecule has 9 heteroatoms. The van der Waals surface area contributed by atoms with Crippen LogP contribution in [-0.2, 0) is 33.3 Å². The van der Waals surface area contributed by atoms with Crippen molar-refractivity contribution in [3.8, 4) is 0 Å². The molecular formula is C82H154NO8+. The molecule has 0 aliphatic carbocycles. The molecule has 1 N–H and O–H groups in total. The SMILES string of the molecule is CCCCCCC/C=C\C/C=C\CCCCCCCCCCCCCCCCCCCCCCCCCC(=O)OC(COC(=O)CCCCCCCCCCCCCCCCCCCCC/C=C\C/C=C\CCCCCCC)COC(OCC[N+](C)(C)C)C(=O)O. The van der Waals surface area contributed by atoms with E-state index in [4.69, 9.17) is 18.9 Å². The largest absolute Gasteiger partial charge is 0.477 e. The van der Waals surface area contributed by atoms with Gasteiger partial charge in [-0.2, -0.15) is 0 Å². The molecule has 0 saturated heterocycles. The molecule has 0 fully saturated rings. The Morgan fingerprint density at radius 1 is 0.330 bits per heavy atom. The van der Waals surface area contributed by atoms with Crippen LogP contribution in [0.3, 0.4) is 0 Å². The summed E-state index contributed by atoms with van der Waals surface area (Å²) in [5.74, 6) is -1.97. The number of carboxylic acids is 1. The summed E-state index contributed by atoms with van der Waals surface area (Å²) >= 11 is 0. The average molecular weight is 1280 g/mol. The standard InChI is InChI=1S/C82H153NO8/c1-6-8-10-12-14-16-18-20-22-24-26-28-30-32-34-36-38-39-40-41-43-45-47-49-51-53-55-57-59-61-63-65-67-69-71-73-80(85)91-78(77-90-82(81(86)87)88-75-74-83(3,4)5)76-89-79(84)72-70-68-66-64-62-60-58-56-54-52-50-48-46-44-42-37-35-33-31-29-27-25-23-21-19-17-15-13-11-9-7-2/h18-21,24-27,78,82H,6-17,22-23,28-77H2,1-5H3/p+1/b20-18-,21-19-,26-24-,27-25-. The minimum absolute atomic E-state index is 0.176. The quantitative estimate of drug-likeness (QED) is 0.0211. The van der Waals surface area contributed by atoms with Gasteiger partial charge >= 0.3 is 17.9 Å². The third-order valence-electron chi connectivity index (χ3n) is 18.1. The van der Waals surface area contributed by atoms with Crippen LogP contribution >= 0.6 is 0 Å². The number of hydrogen-bond donors (Lipinski definition) is 1. The van der Waals surface area contributed by atoms with Gasteiger partial charge in [0.25, 0.3) is 6.29 Å². The monoisotopic (exact) mass is 1280 g/mol. The lowest BCUT2D eigenvalue weighted by molar-refractivity contribution is -0.870. The molecule has 0 aromatic rings. The van der Waals surface area contributed by atoms with Crippen LogP contribution in [0.5, 0.6) is 0 Å². The van der Waals surface area contributed by atoms with E-state index in [2.05, 4.69) is 62.5 Å². The molecule has 91 heavy (non-hydrogen) atoms. The molecule has 0 aliphatic heterocycles. The topological polar surface area (TPSA) is 108 Å². The highest BCUT2D eigenvalue weighted by molar-refractivity contribution is 5.71. The second-order valence-corrected chi connectivity index (χ2v) is 28.4. The number of rotatable bonds is 75. The molecule has 0 aliphatic rings. The van der Waals surface area contributed by atoms with E-state index in [-0.39, 0.29) is 38.2 Å². The maximum Gasteiger partial charge on any atom is 0.361 e. The second-order valence-electron chi connectivity index (χ2n) is 28.4. The number of quaternary nitrogens is 1. The number of likely N-dealkylation sites (N-methyl/N-ethyl adjacent to an activating group) is 1. The zero-order valence-electron chi connectivity index (χ0n) is 61.3. The Bertz CT molecular complexity index is 1630. The van der Waals surface area contributed by atoms with Crippen LogP contribution in [0.1, 0.15) is 399 Å². The van der Waals surface area contributed by atoms with Crippen molar-refractivity contribution in [2.24, 2.45) is 0 Å². The second kappa shape index (κ2) is 73.1. The van der Waals surface area contributed by atoms with Gasteiger partial charge in [0.1, 0.15) is 13.2 Å². The van der Waals surface area contributed by atoms with Gasteiger partial charge in [0, 0.05) is 12.8 Å². The van der Waals surface area contributed by atoms with Crippen LogP contribution < -0.4 is 0 Å². The summed E-state index contributed by atoms with van der Waals surface area (Å²) in [7, 11) is 6.00. The fourth-order valence-electron chi connectivity index (χ4n) is 12.0. The number of aliphatic carboxylic acids is 1. The normalized spacial score (nSPS) is 12.8. The van der Waals surface area contributed by atoms with Gasteiger partial charge < -0.3 is 28.5 Å². The number of esters is 2. The summed E-state index contributed by atoms with van der Waals surface area (Å²) < 4.78 is 23.1. The molecule has 0 aromatic heterocycles. The first kappa shape index (κ1) is 88.2. The van der Waals surface area contributed by atoms with Crippen LogP contribution in [0.4, 0.5) is 0 Å². The lowest BCUT2D eigenvalue weighted by Crippen LogP contribution is -2.40. The number of carboxylic acid groups (broad SMARTS) is 1. The molecule has 2 unspecified atom stereocenters. The van der Waals surface area contributed by atoms with E-state index in [1.54, 1.807) is 0 Å². The maximum atomic E-state index is 13.0. The summed E-state index contributed by atoms with van der Waals surface area (Å²) in [6.45, 7) is 4.93. The van der Waals surface area contributed by atoms with Gasteiger partial charge in [0.15, 0.2) is 6.10 Å². The van der Waals surface area contributed by atoms with Crippen molar-refractivity contribution in [1.82, 2.24) is 0 Å². The van der Waals surface area contributed by atoms with Crippen LogP contribution in [0.25, 0.3) is 0 Å². The highest BCUT2D eigenvalue weighted by Crippen LogP contribution is 2.19. The van der Waals surface area contributed by atoms with E-state index in [1.807, 2.05) is 21.1 Å². The first-order valence-electron chi connectivity index (χ1n) is 39.8. The molecule has 0 saturated carbocycles. The number of nitrogens with zero attached hydrogens (tertiary/aromatic N) is 1. The fraction of sp³-hybridized carbons (Fsp3) is 0.866. The van der Waals surface area contributed by atoms with E-state index < -0.39 is 18.4 Å². The van der Waals surface area contributed by atoms with Crippen LogP contribution in [0.2, 0.25) is 0 Å². The summed E-state index contributed by atoms with van der Waals surface area (Å²) in [6, 6.07) is 0. The zero-order chi connectivity index (χ0) is 66.1. The lowest BCUT2D eigenvalue weighted by atomic mass is 10.0. The highest BCUT2D eigenvalue weighted by Gasteiger charge is 2.25. The van der Waals surface area contributed by atoms with Crippen molar-refractivity contribution in [1.29, 1.82) is 0 Å². The van der Waals surface area contributed by atoms with E-state index in [1.165, 1.54) is 321 Å². The Labute approximate surface area is 565 Å². The van der Waals surface area contributed by atoms with Gasteiger partial charge in [-0.3, -0.25) is 9.59 Å². The first-order chi connectivity index (χ1) is 44.6. The van der Waals surface area contributed by atoms with E-state index >= 15 is 0 Å². The van der Waals surface area contributed by atoms with Gasteiger partial charge in [0.2, 0.25) is 0 Å². The van der Waals surface area contributed by atoms with Gasteiger partial charge in [-0.05, 0) is 77.0 Å². The molecule has 0 aromatic carbocycles. The number of carbonyl (C=O) groups is 3. The van der Waals surface area contributed by atoms with Crippen molar-refractivity contribution in [2.45, 2.75) is 411 Å². The Morgan fingerprint density at radius 3 is 0.868 bits per heavy atom. The number of carbonyl (C=O) groups excluding carboxylic acids is 2. The predicted molar refractivity (Wildman–Crippen MR) is 392 cm³/mol. The van der Waals surface area contributed by atoms with Gasteiger partial charge in [-0.25, -0.2) is 4.79 Å². The van der Waals surface area contributed by atoms with E-state index in [0.29, 0.717) is 17.4 Å². The molecule has 0 spiro atoms. The molecule has 9 nitrogen and oxygen atoms in total. The fourth-order valence-corrected chi connectivity index (χ4v) is 12.0. The lowest BCUT2D eigenvalue weighted by Gasteiger charge is -2.25. The summed E-state index contributed by atoms with van der Waals surface area (Å²) in [5, 5.41) is 9.77. The number of hydrogen-bond acceptors (Lipinski definition) is 7. The number of unbranched alkanes of at least 4 members (excludes halogenated alkanes) is 52. The molecule has 0 amide bonds. The van der Waals surface area contributed by atoms with Gasteiger partial charge in [-0.1, -0.05) is 358 Å². The molecule has 0 radical (unpaired) electrons. The van der Waals surface area contributed by atoms with Gasteiger partial charge in [-0.15, -0.1) is 0 Å². The van der Waals surface area contributed by atoms with Crippen LogP contribution in [0, 0.1) is 0 Å². The Balaban J connectivity index is 3.98. The minimum Gasteiger partial charge on any atom is -0.477 e. The Morgan fingerprint density at radius 2 is 0.593 bits per heavy atom. The molecule has 0 bridgehead atoms. The van der Waals surface area contributed by atoms with E-state index in [9.17, 15) is 19.5 Å². The van der Waals surface area contributed by atoms with Crippen LogP contribution in [0.15, 0.2) is 48.6 Å². The third-order valence-corrected chi connectivity index (χ3v) is 18.1. The van der Waals surface area contributed by atoms with Crippen molar-refractivity contribution < 1.29 is 42.9 Å². The van der Waals surface area contributed by atoms with Gasteiger partial charge in [0.05, 0.1) is 34.4 Å². The van der Waals surface area contributed by atoms with Crippen molar-refractivity contribution in [3.05, 3.63) is 48.6 Å². The smallest absolute Gasteiger partial charge is 0.361 e. The molecular weight excluding hydrogens is 1130 g/mol.